The molecule has 0 saturated heterocycles. The van der Waals surface area contributed by atoms with Gasteiger partial charge in [-0.25, -0.2) is 0 Å². The average molecular weight is 151 g/mol. The summed E-state index contributed by atoms with van der Waals surface area (Å²) >= 11 is 0. The minimum absolute atomic E-state index is 0.160. The summed E-state index contributed by atoms with van der Waals surface area (Å²) < 4.78 is 0. The predicted molar refractivity (Wildman–Crippen MR) is 38.0 cm³/mol. The first-order valence-corrected chi connectivity index (χ1v) is 3.74. The number of hydrogen-bond acceptors (Lipinski definition) is 3. The third-order valence-corrected chi connectivity index (χ3v) is 2.10. The predicted octanol–water partition coefficient (Wildman–Crippen LogP) is 0.108. The molecule has 0 radical (unpaired) electrons. The molecule has 1 heterocycles. The Morgan fingerprint density at radius 2 is 2.27 bits per heavy atom. The molecular formula is C7H9N3O. The van der Waals surface area contributed by atoms with E-state index in [9.17, 15) is 4.79 Å². The van der Waals surface area contributed by atoms with Crippen molar-refractivity contribution < 1.29 is 4.79 Å². The van der Waals surface area contributed by atoms with E-state index in [2.05, 4.69) is 15.4 Å². The highest BCUT2D eigenvalue weighted by Crippen LogP contribution is 2.19. The zero-order valence-electron chi connectivity index (χ0n) is 6.08. The Morgan fingerprint density at radius 1 is 1.45 bits per heavy atom. The maximum atomic E-state index is 10.4. The van der Waals surface area contributed by atoms with Crippen molar-refractivity contribution in [3.63, 3.8) is 0 Å². The van der Waals surface area contributed by atoms with Crippen LogP contribution in [0.4, 0.5) is 0 Å². The van der Waals surface area contributed by atoms with Gasteiger partial charge in [0.25, 0.3) is 0 Å². The molecule has 4 nitrogen and oxygen atoms in total. The summed E-state index contributed by atoms with van der Waals surface area (Å²) in [6, 6.07) is 0. The van der Waals surface area contributed by atoms with E-state index in [0.717, 1.165) is 36.9 Å². The Balaban J connectivity index is 2.24. The summed E-state index contributed by atoms with van der Waals surface area (Å²) in [6.07, 6.45) is 3.57. The zero-order chi connectivity index (χ0) is 7.68. The summed E-state index contributed by atoms with van der Waals surface area (Å²) in [5.74, 6) is 0.160. The van der Waals surface area contributed by atoms with E-state index in [1.807, 2.05) is 0 Å². The number of carbonyl (C=O) groups is 1. The lowest BCUT2D eigenvalue weighted by Crippen LogP contribution is -2.14. The van der Waals surface area contributed by atoms with Crippen LogP contribution < -0.4 is 0 Å². The standard InChI is InChI=1S/C7H9N3O/c11-4-5-1-2-6-7(3-5)9-10-8-6/h4-5H,1-3H2,(H,8,9,10)/t5-/m0/s1. The maximum absolute atomic E-state index is 10.4. The van der Waals surface area contributed by atoms with Gasteiger partial charge in [0.05, 0.1) is 11.4 Å². The van der Waals surface area contributed by atoms with Crippen LogP contribution in [0.5, 0.6) is 0 Å². The molecule has 1 aromatic heterocycles. The van der Waals surface area contributed by atoms with Crippen LogP contribution in [0.2, 0.25) is 0 Å². The Hall–Kier alpha value is -1.19. The molecule has 1 aromatic rings. The second-order valence-electron chi connectivity index (χ2n) is 2.86. The number of fused-ring (bicyclic) bond motifs is 1. The van der Waals surface area contributed by atoms with Crippen molar-refractivity contribution >= 4 is 6.29 Å². The fourth-order valence-corrected chi connectivity index (χ4v) is 1.43. The zero-order valence-corrected chi connectivity index (χ0v) is 6.08. The first kappa shape index (κ1) is 6.52. The smallest absolute Gasteiger partial charge is 0.123 e. The van der Waals surface area contributed by atoms with Gasteiger partial charge in [0.2, 0.25) is 0 Å². The Kier molecular flexibility index (Phi) is 1.45. The van der Waals surface area contributed by atoms with E-state index < -0.39 is 0 Å². The quantitative estimate of drug-likeness (QED) is 0.579. The van der Waals surface area contributed by atoms with Gasteiger partial charge in [0.15, 0.2) is 0 Å². The largest absolute Gasteiger partial charge is 0.303 e. The van der Waals surface area contributed by atoms with Gasteiger partial charge in [-0.15, -0.1) is 0 Å². The van der Waals surface area contributed by atoms with Gasteiger partial charge in [-0.1, -0.05) is 0 Å². The van der Waals surface area contributed by atoms with E-state index in [-0.39, 0.29) is 5.92 Å². The minimum Gasteiger partial charge on any atom is -0.303 e. The van der Waals surface area contributed by atoms with Crippen molar-refractivity contribution in [3.8, 4) is 0 Å². The number of aryl methyl sites for hydroxylation is 1. The molecule has 4 heteroatoms. The van der Waals surface area contributed by atoms with E-state index in [1.54, 1.807) is 0 Å². The molecule has 1 N–H and O–H groups in total. The minimum atomic E-state index is 0.160. The summed E-state index contributed by atoms with van der Waals surface area (Å²) in [5, 5.41) is 10.5. The van der Waals surface area contributed by atoms with Crippen molar-refractivity contribution in [1.29, 1.82) is 0 Å². The number of nitrogens with one attached hydrogen (secondary N) is 1. The fraction of sp³-hybridized carbons (Fsp3) is 0.571. The summed E-state index contributed by atoms with van der Waals surface area (Å²) in [6.45, 7) is 0. The first-order chi connectivity index (χ1) is 5.40. The number of rotatable bonds is 1. The normalized spacial score (nSPS) is 22.7. The summed E-state index contributed by atoms with van der Waals surface area (Å²) in [5.41, 5.74) is 2.00. The van der Waals surface area contributed by atoms with Crippen LogP contribution in [0.3, 0.4) is 0 Å². The van der Waals surface area contributed by atoms with Gasteiger partial charge >= 0.3 is 0 Å². The Bertz CT molecular complexity index is 268. The Labute approximate surface area is 64.0 Å². The molecule has 0 aromatic carbocycles. The number of hydrogen-bond donors (Lipinski definition) is 1. The van der Waals surface area contributed by atoms with E-state index in [0.29, 0.717) is 0 Å². The molecule has 0 aliphatic heterocycles. The van der Waals surface area contributed by atoms with Crippen molar-refractivity contribution in [2.24, 2.45) is 5.92 Å². The number of aromatic nitrogens is 3. The molecule has 2 rings (SSSR count). The number of aromatic amines is 1. The van der Waals surface area contributed by atoms with Crippen LogP contribution in [0, 0.1) is 5.92 Å². The molecule has 0 unspecified atom stereocenters. The lowest BCUT2D eigenvalue weighted by molar-refractivity contribution is -0.111. The van der Waals surface area contributed by atoms with Crippen molar-refractivity contribution in [1.82, 2.24) is 15.4 Å². The second-order valence-corrected chi connectivity index (χ2v) is 2.86. The molecule has 0 bridgehead atoms. The van der Waals surface area contributed by atoms with Gasteiger partial charge in [0.1, 0.15) is 6.29 Å². The molecule has 11 heavy (non-hydrogen) atoms. The van der Waals surface area contributed by atoms with E-state index in [4.69, 9.17) is 0 Å². The van der Waals surface area contributed by atoms with Gasteiger partial charge in [0, 0.05) is 12.3 Å². The maximum Gasteiger partial charge on any atom is 0.123 e. The van der Waals surface area contributed by atoms with Gasteiger partial charge in [-0.2, -0.15) is 15.4 Å². The van der Waals surface area contributed by atoms with E-state index in [1.165, 1.54) is 0 Å². The fourth-order valence-electron chi connectivity index (χ4n) is 1.43. The lowest BCUT2D eigenvalue weighted by atomic mass is 9.91. The number of aldehydes is 1. The third kappa shape index (κ3) is 1.04. The molecule has 0 amide bonds. The van der Waals surface area contributed by atoms with Crippen molar-refractivity contribution in [2.75, 3.05) is 0 Å². The molecule has 0 fully saturated rings. The third-order valence-electron chi connectivity index (χ3n) is 2.10. The average Bonchev–Trinajstić information content (AvgIpc) is 2.50. The number of carbonyl (C=O) groups excluding carboxylic acids is 1. The SMILES string of the molecule is O=C[C@H]1CCc2n[nH]nc2C1. The highest BCUT2D eigenvalue weighted by Gasteiger charge is 2.20. The number of H-pyrrole nitrogens is 1. The first-order valence-electron chi connectivity index (χ1n) is 3.74. The molecule has 1 atom stereocenters. The van der Waals surface area contributed by atoms with E-state index >= 15 is 0 Å². The van der Waals surface area contributed by atoms with Gasteiger partial charge < -0.3 is 4.79 Å². The topological polar surface area (TPSA) is 58.6 Å². The molecule has 1 aliphatic carbocycles. The molecule has 0 spiro atoms. The molecule has 0 saturated carbocycles. The molecular weight excluding hydrogens is 142 g/mol. The van der Waals surface area contributed by atoms with Gasteiger partial charge in [-0.05, 0) is 12.8 Å². The second kappa shape index (κ2) is 2.45. The van der Waals surface area contributed by atoms with Crippen LogP contribution in [-0.4, -0.2) is 21.7 Å². The molecule has 1 aliphatic rings. The highest BCUT2D eigenvalue weighted by atomic mass is 16.1. The van der Waals surface area contributed by atoms with Gasteiger partial charge in [-0.3, -0.25) is 0 Å². The van der Waals surface area contributed by atoms with Crippen LogP contribution in [0.1, 0.15) is 17.8 Å². The highest BCUT2D eigenvalue weighted by molar-refractivity contribution is 5.54. The van der Waals surface area contributed by atoms with Crippen molar-refractivity contribution in [3.05, 3.63) is 11.4 Å². The van der Waals surface area contributed by atoms with Crippen LogP contribution >= 0.6 is 0 Å². The van der Waals surface area contributed by atoms with Crippen LogP contribution in [0.15, 0.2) is 0 Å². The number of nitrogens with zero attached hydrogens (tertiary/aromatic N) is 2. The summed E-state index contributed by atoms with van der Waals surface area (Å²) in [4.78, 5) is 10.4. The summed E-state index contributed by atoms with van der Waals surface area (Å²) in [7, 11) is 0. The van der Waals surface area contributed by atoms with Crippen LogP contribution in [0.25, 0.3) is 0 Å². The molecule has 58 valence electrons. The van der Waals surface area contributed by atoms with Crippen LogP contribution in [-0.2, 0) is 17.6 Å². The monoisotopic (exact) mass is 151 g/mol. The van der Waals surface area contributed by atoms with Crippen molar-refractivity contribution in [2.45, 2.75) is 19.3 Å². The lowest BCUT2D eigenvalue weighted by Gasteiger charge is -2.13. The Morgan fingerprint density at radius 3 is 3.09 bits per heavy atom.